The molecule has 82 valence electrons. The third-order valence-electron chi connectivity index (χ3n) is 2.89. The van der Waals surface area contributed by atoms with Crippen LogP contribution in [-0.4, -0.2) is 6.54 Å². The predicted octanol–water partition coefficient (Wildman–Crippen LogP) is 3.98. The molecule has 1 unspecified atom stereocenters. The van der Waals surface area contributed by atoms with Gasteiger partial charge in [0.05, 0.1) is 0 Å². The molecule has 1 nitrogen and oxygen atoms in total. The molecule has 1 aromatic carbocycles. The molecule has 0 bridgehead atoms. The Bertz CT molecular complexity index is 363. The number of hydrogen-bond donors (Lipinski definition) is 1. The summed E-state index contributed by atoms with van der Waals surface area (Å²) in [4.78, 5) is 0. The maximum absolute atomic E-state index is 6.16. The van der Waals surface area contributed by atoms with Crippen LogP contribution in [0.3, 0.4) is 0 Å². The molecule has 15 heavy (non-hydrogen) atoms. The summed E-state index contributed by atoms with van der Waals surface area (Å²) in [6.45, 7) is 3.22. The van der Waals surface area contributed by atoms with Crippen molar-refractivity contribution in [3.63, 3.8) is 0 Å². The molecule has 0 saturated carbocycles. The number of hydrogen-bond acceptors (Lipinski definition) is 1. The number of halogens is 2. The number of benzene rings is 1. The molecular weight excluding hydrogens is 229 g/mol. The Hall–Kier alpha value is -0.240. The van der Waals surface area contributed by atoms with Crippen molar-refractivity contribution in [1.29, 1.82) is 0 Å². The number of rotatable bonds is 3. The van der Waals surface area contributed by atoms with E-state index in [4.69, 9.17) is 23.2 Å². The monoisotopic (exact) mass is 243 g/mol. The third kappa shape index (κ3) is 2.30. The summed E-state index contributed by atoms with van der Waals surface area (Å²) >= 11 is 12.2. The van der Waals surface area contributed by atoms with Crippen LogP contribution in [-0.2, 0) is 6.42 Å². The lowest BCUT2D eigenvalue weighted by Gasteiger charge is -2.13. The molecule has 3 heteroatoms. The van der Waals surface area contributed by atoms with E-state index in [1.807, 2.05) is 12.1 Å². The molecule has 0 spiro atoms. The Morgan fingerprint density at radius 3 is 2.93 bits per heavy atom. The molecule has 0 heterocycles. The Labute approximate surface area is 101 Å². The Balaban J connectivity index is 2.25. The summed E-state index contributed by atoms with van der Waals surface area (Å²) in [7, 11) is 0. The van der Waals surface area contributed by atoms with Crippen molar-refractivity contribution in [2.45, 2.75) is 32.2 Å². The molecule has 0 aliphatic heterocycles. The quantitative estimate of drug-likeness (QED) is 0.847. The van der Waals surface area contributed by atoms with Gasteiger partial charge in [-0.05, 0) is 49.1 Å². The van der Waals surface area contributed by atoms with Crippen molar-refractivity contribution in [1.82, 2.24) is 5.32 Å². The average Bonchev–Trinajstić information content (AvgIpc) is 2.58. The van der Waals surface area contributed by atoms with E-state index in [-0.39, 0.29) is 0 Å². The van der Waals surface area contributed by atoms with Crippen molar-refractivity contribution in [2.75, 3.05) is 6.54 Å². The van der Waals surface area contributed by atoms with Crippen molar-refractivity contribution in [3.05, 3.63) is 33.3 Å². The van der Waals surface area contributed by atoms with Crippen LogP contribution < -0.4 is 5.32 Å². The first-order chi connectivity index (χ1) is 7.22. The van der Waals surface area contributed by atoms with Gasteiger partial charge >= 0.3 is 0 Å². The van der Waals surface area contributed by atoms with Crippen molar-refractivity contribution in [2.24, 2.45) is 0 Å². The summed E-state index contributed by atoms with van der Waals surface area (Å²) in [6.07, 6.45) is 3.35. The van der Waals surface area contributed by atoms with Gasteiger partial charge in [-0.15, -0.1) is 0 Å². The van der Waals surface area contributed by atoms with Gasteiger partial charge in [0.25, 0.3) is 0 Å². The van der Waals surface area contributed by atoms with Gasteiger partial charge in [0, 0.05) is 16.1 Å². The van der Waals surface area contributed by atoms with Gasteiger partial charge in [-0.2, -0.15) is 0 Å². The molecule has 0 saturated heterocycles. The molecule has 0 fully saturated rings. The van der Waals surface area contributed by atoms with Crippen LogP contribution in [0.4, 0.5) is 0 Å². The average molecular weight is 244 g/mol. The van der Waals surface area contributed by atoms with Gasteiger partial charge in [0.1, 0.15) is 0 Å². The molecule has 1 aliphatic rings. The van der Waals surface area contributed by atoms with Gasteiger partial charge in [0.2, 0.25) is 0 Å². The highest BCUT2D eigenvalue weighted by Gasteiger charge is 2.24. The molecule has 1 aliphatic carbocycles. The molecule has 0 amide bonds. The zero-order valence-corrected chi connectivity index (χ0v) is 10.3. The molecule has 1 N–H and O–H groups in total. The highest BCUT2D eigenvalue weighted by atomic mass is 35.5. The van der Waals surface area contributed by atoms with Crippen LogP contribution in [0.5, 0.6) is 0 Å². The summed E-state index contributed by atoms with van der Waals surface area (Å²) < 4.78 is 0. The van der Waals surface area contributed by atoms with Crippen molar-refractivity contribution < 1.29 is 0 Å². The maximum Gasteiger partial charge on any atom is 0.0456 e. The van der Waals surface area contributed by atoms with Gasteiger partial charge in [-0.1, -0.05) is 30.1 Å². The SMILES string of the molecule is CCCNC1CCc2c(Cl)cc(Cl)cc21. The molecule has 1 aromatic rings. The lowest BCUT2D eigenvalue weighted by molar-refractivity contribution is 0.529. The minimum Gasteiger partial charge on any atom is -0.310 e. The standard InChI is InChI=1S/C12H15Cl2N/c1-2-5-15-12-4-3-9-10(12)6-8(13)7-11(9)14/h6-7,12,15H,2-5H2,1H3. The van der Waals surface area contributed by atoms with Crippen molar-refractivity contribution >= 4 is 23.2 Å². The van der Waals surface area contributed by atoms with Gasteiger partial charge in [-0.25, -0.2) is 0 Å². The first-order valence-electron chi connectivity index (χ1n) is 5.43. The van der Waals surface area contributed by atoms with E-state index in [1.165, 1.54) is 11.1 Å². The Kier molecular flexibility index (Phi) is 3.55. The topological polar surface area (TPSA) is 12.0 Å². The fraction of sp³-hybridized carbons (Fsp3) is 0.500. The van der Waals surface area contributed by atoms with Gasteiger partial charge in [0.15, 0.2) is 0 Å². The smallest absolute Gasteiger partial charge is 0.0456 e. The van der Waals surface area contributed by atoms with E-state index in [2.05, 4.69) is 12.2 Å². The van der Waals surface area contributed by atoms with Crippen LogP contribution in [0.2, 0.25) is 10.0 Å². The van der Waals surface area contributed by atoms with E-state index in [0.717, 1.165) is 35.9 Å². The van der Waals surface area contributed by atoms with Crippen LogP contribution in [0.15, 0.2) is 12.1 Å². The van der Waals surface area contributed by atoms with Crippen LogP contribution in [0.1, 0.15) is 36.9 Å². The summed E-state index contributed by atoms with van der Waals surface area (Å²) in [5.41, 5.74) is 2.57. The lowest BCUT2D eigenvalue weighted by atomic mass is 10.1. The van der Waals surface area contributed by atoms with Crippen molar-refractivity contribution in [3.8, 4) is 0 Å². The molecular formula is C12H15Cl2N. The molecule has 2 rings (SSSR count). The second kappa shape index (κ2) is 4.73. The van der Waals surface area contributed by atoms with Crippen LogP contribution in [0.25, 0.3) is 0 Å². The van der Waals surface area contributed by atoms with E-state index in [1.54, 1.807) is 0 Å². The molecule has 0 aromatic heterocycles. The van der Waals surface area contributed by atoms with E-state index in [9.17, 15) is 0 Å². The van der Waals surface area contributed by atoms with Crippen LogP contribution in [0, 0.1) is 0 Å². The highest BCUT2D eigenvalue weighted by Crippen LogP contribution is 2.37. The normalized spacial score (nSPS) is 19.3. The fourth-order valence-electron chi connectivity index (χ4n) is 2.17. The first kappa shape index (κ1) is 11.3. The second-order valence-electron chi connectivity index (χ2n) is 4.00. The fourth-order valence-corrected chi connectivity index (χ4v) is 2.78. The lowest BCUT2D eigenvalue weighted by Crippen LogP contribution is -2.19. The highest BCUT2D eigenvalue weighted by molar-refractivity contribution is 6.35. The molecule has 1 atom stereocenters. The predicted molar refractivity (Wildman–Crippen MR) is 65.8 cm³/mol. The summed E-state index contributed by atoms with van der Waals surface area (Å²) in [6, 6.07) is 4.32. The summed E-state index contributed by atoms with van der Waals surface area (Å²) in [5, 5.41) is 5.08. The van der Waals surface area contributed by atoms with Crippen LogP contribution >= 0.6 is 23.2 Å². The largest absolute Gasteiger partial charge is 0.310 e. The minimum absolute atomic E-state index is 0.441. The zero-order chi connectivity index (χ0) is 10.8. The maximum atomic E-state index is 6.16. The Morgan fingerprint density at radius 1 is 1.40 bits per heavy atom. The first-order valence-corrected chi connectivity index (χ1v) is 6.19. The zero-order valence-electron chi connectivity index (χ0n) is 8.82. The van der Waals surface area contributed by atoms with Gasteiger partial charge in [-0.3, -0.25) is 0 Å². The number of nitrogens with one attached hydrogen (secondary N) is 1. The molecule has 0 radical (unpaired) electrons. The summed E-state index contributed by atoms with van der Waals surface area (Å²) in [5.74, 6) is 0. The third-order valence-corrected chi connectivity index (χ3v) is 3.45. The van der Waals surface area contributed by atoms with E-state index in [0.29, 0.717) is 6.04 Å². The van der Waals surface area contributed by atoms with Gasteiger partial charge < -0.3 is 5.32 Å². The number of fused-ring (bicyclic) bond motifs is 1. The Morgan fingerprint density at radius 2 is 2.20 bits per heavy atom. The van der Waals surface area contributed by atoms with E-state index >= 15 is 0 Å². The minimum atomic E-state index is 0.441. The second-order valence-corrected chi connectivity index (χ2v) is 4.84. The van der Waals surface area contributed by atoms with E-state index < -0.39 is 0 Å².